The Kier molecular flexibility index (Phi) is 6.60. The largest absolute Gasteiger partial charge is 0.379 e. The van der Waals surface area contributed by atoms with Crippen LogP contribution in [0.5, 0.6) is 0 Å². The summed E-state index contributed by atoms with van der Waals surface area (Å²) in [6.07, 6.45) is 2.53. The van der Waals surface area contributed by atoms with Crippen molar-refractivity contribution in [1.82, 2.24) is 5.32 Å². The Morgan fingerprint density at radius 2 is 2.28 bits per heavy atom. The van der Waals surface area contributed by atoms with E-state index in [1.807, 2.05) is 0 Å². The van der Waals surface area contributed by atoms with Crippen LogP contribution in [0.1, 0.15) is 16.8 Å². The van der Waals surface area contributed by atoms with Crippen molar-refractivity contribution in [2.24, 2.45) is 0 Å². The van der Waals surface area contributed by atoms with Crippen LogP contribution in [0.4, 0.5) is 4.39 Å². The predicted molar refractivity (Wildman–Crippen MR) is 72.1 cm³/mol. The summed E-state index contributed by atoms with van der Waals surface area (Å²) in [7, 11) is 0. The average molecular weight is 316 g/mol. The van der Waals surface area contributed by atoms with E-state index in [9.17, 15) is 9.18 Å². The summed E-state index contributed by atoms with van der Waals surface area (Å²) in [5.41, 5.74) is 0.0236. The lowest BCUT2D eigenvalue weighted by atomic mass is 10.2. The summed E-state index contributed by atoms with van der Waals surface area (Å²) in [6, 6.07) is 4.60. The molecule has 0 aliphatic rings. The molecule has 0 spiro atoms. The van der Waals surface area contributed by atoms with Crippen molar-refractivity contribution >= 4 is 21.8 Å². The fourth-order valence-electron chi connectivity index (χ4n) is 1.28. The normalized spacial score (nSPS) is 10.1. The van der Waals surface area contributed by atoms with Gasteiger partial charge in [-0.25, -0.2) is 4.39 Å². The summed E-state index contributed by atoms with van der Waals surface area (Å²) in [4.78, 5) is 11.7. The van der Waals surface area contributed by atoms with Crippen LogP contribution in [-0.4, -0.2) is 25.7 Å². The molecule has 0 radical (unpaired) electrons. The molecule has 1 aromatic rings. The van der Waals surface area contributed by atoms with E-state index >= 15 is 0 Å². The molecule has 5 heteroatoms. The lowest BCUT2D eigenvalue weighted by Crippen LogP contribution is -2.28. The quantitative estimate of drug-likeness (QED) is 0.620. The van der Waals surface area contributed by atoms with Crippen LogP contribution in [0.3, 0.4) is 0 Å². The van der Waals surface area contributed by atoms with Crippen LogP contribution in [0.2, 0.25) is 0 Å². The Hall–Kier alpha value is -1.20. The maximum absolute atomic E-state index is 13.6. The minimum atomic E-state index is -0.553. The summed E-state index contributed by atoms with van der Waals surface area (Å²) in [5.74, 6) is -0.997. The molecule has 0 saturated carbocycles. The zero-order chi connectivity index (χ0) is 13.4. The molecule has 3 nitrogen and oxygen atoms in total. The van der Waals surface area contributed by atoms with Gasteiger partial charge in [0.1, 0.15) is 5.82 Å². The molecular formula is C13H15BrFNO2. The number of hydrogen-bond donors (Lipinski definition) is 1. The highest BCUT2D eigenvalue weighted by molar-refractivity contribution is 9.10. The van der Waals surface area contributed by atoms with Crippen molar-refractivity contribution in [2.75, 3.05) is 19.8 Å². The summed E-state index contributed by atoms with van der Waals surface area (Å²) >= 11 is 3.04. The van der Waals surface area contributed by atoms with Crippen molar-refractivity contribution in [3.05, 3.63) is 46.7 Å². The third-order valence-corrected chi connectivity index (χ3v) is 2.81. The Balaban J connectivity index is 2.37. The van der Waals surface area contributed by atoms with Gasteiger partial charge >= 0.3 is 0 Å². The molecule has 18 heavy (non-hydrogen) atoms. The molecule has 0 fully saturated rings. The first kappa shape index (κ1) is 14.9. The van der Waals surface area contributed by atoms with Crippen molar-refractivity contribution in [3.63, 3.8) is 0 Å². The number of ether oxygens (including phenoxy) is 1. The van der Waals surface area contributed by atoms with Crippen LogP contribution in [0.15, 0.2) is 35.3 Å². The van der Waals surface area contributed by atoms with E-state index in [4.69, 9.17) is 4.74 Å². The van der Waals surface area contributed by atoms with E-state index in [0.29, 0.717) is 19.8 Å². The highest BCUT2D eigenvalue weighted by Crippen LogP contribution is 2.18. The molecule has 0 atom stereocenters. The summed E-state index contributed by atoms with van der Waals surface area (Å²) in [6.45, 7) is 4.89. The van der Waals surface area contributed by atoms with E-state index in [2.05, 4.69) is 27.8 Å². The van der Waals surface area contributed by atoms with Crippen LogP contribution in [-0.2, 0) is 4.74 Å². The molecule has 0 aliphatic carbocycles. The second kappa shape index (κ2) is 8.00. The molecule has 1 aromatic carbocycles. The SMILES string of the molecule is C=CCCOCCNC(=O)c1cccc(Br)c1F. The molecule has 1 N–H and O–H groups in total. The van der Waals surface area contributed by atoms with Crippen LogP contribution >= 0.6 is 15.9 Å². The molecule has 0 aliphatic heterocycles. The first-order chi connectivity index (χ1) is 8.66. The lowest BCUT2D eigenvalue weighted by Gasteiger charge is -2.07. The topological polar surface area (TPSA) is 38.3 Å². The van der Waals surface area contributed by atoms with Gasteiger partial charge in [0.05, 0.1) is 23.2 Å². The minimum Gasteiger partial charge on any atom is -0.379 e. The van der Waals surface area contributed by atoms with E-state index < -0.39 is 11.7 Å². The lowest BCUT2D eigenvalue weighted by molar-refractivity contribution is 0.0914. The van der Waals surface area contributed by atoms with E-state index in [-0.39, 0.29) is 10.0 Å². The molecule has 1 rings (SSSR count). The van der Waals surface area contributed by atoms with Gasteiger partial charge in [-0.2, -0.15) is 0 Å². The molecule has 0 aromatic heterocycles. The maximum atomic E-state index is 13.6. The smallest absolute Gasteiger partial charge is 0.254 e. The van der Waals surface area contributed by atoms with Gasteiger partial charge in [0.2, 0.25) is 0 Å². The highest BCUT2D eigenvalue weighted by atomic mass is 79.9. The first-order valence-electron chi connectivity index (χ1n) is 5.57. The zero-order valence-corrected chi connectivity index (χ0v) is 11.5. The average Bonchev–Trinajstić information content (AvgIpc) is 2.36. The van der Waals surface area contributed by atoms with Gasteiger partial charge in [-0.3, -0.25) is 4.79 Å². The van der Waals surface area contributed by atoms with Gasteiger partial charge in [0, 0.05) is 6.54 Å². The number of halogens is 2. The number of benzene rings is 1. The first-order valence-corrected chi connectivity index (χ1v) is 6.37. The molecule has 1 amide bonds. The summed E-state index contributed by atoms with van der Waals surface area (Å²) < 4.78 is 19.1. The van der Waals surface area contributed by atoms with Gasteiger partial charge in [0.25, 0.3) is 5.91 Å². The van der Waals surface area contributed by atoms with Gasteiger partial charge in [-0.15, -0.1) is 6.58 Å². The third-order valence-electron chi connectivity index (χ3n) is 2.19. The second-order valence-electron chi connectivity index (χ2n) is 3.55. The molecule has 0 bridgehead atoms. The molecule has 0 unspecified atom stereocenters. The minimum absolute atomic E-state index is 0.0236. The van der Waals surface area contributed by atoms with Gasteiger partial charge in [0.15, 0.2) is 0 Å². The number of carbonyl (C=O) groups is 1. The summed E-state index contributed by atoms with van der Waals surface area (Å²) in [5, 5.41) is 2.59. The molecule has 0 heterocycles. The Morgan fingerprint density at radius 1 is 1.50 bits per heavy atom. The Labute approximate surface area is 114 Å². The van der Waals surface area contributed by atoms with Crippen LogP contribution in [0, 0.1) is 5.82 Å². The van der Waals surface area contributed by atoms with Crippen molar-refractivity contribution in [3.8, 4) is 0 Å². The van der Waals surface area contributed by atoms with Gasteiger partial charge in [-0.05, 0) is 34.5 Å². The van der Waals surface area contributed by atoms with Gasteiger partial charge < -0.3 is 10.1 Å². The maximum Gasteiger partial charge on any atom is 0.254 e. The van der Waals surface area contributed by atoms with Crippen molar-refractivity contribution < 1.29 is 13.9 Å². The fourth-order valence-corrected chi connectivity index (χ4v) is 1.65. The van der Waals surface area contributed by atoms with Gasteiger partial charge in [-0.1, -0.05) is 12.1 Å². The second-order valence-corrected chi connectivity index (χ2v) is 4.40. The number of nitrogens with one attached hydrogen (secondary N) is 1. The van der Waals surface area contributed by atoms with E-state index in [0.717, 1.165) is 6.42 Å². The monoisotopic (exact) mass is 315 g/mol. The van der Waals surface area contributed by atoms with E-state index in [1.165, 1.54) is 6.07 Å². The van der Waals surface area contributed by atoms with Crippen LogP contribution < -0.4 is 5.32 Å². The number of carbonyl (C=O) groups excluding carboxylic acids is 1. The number of hydrogen-bond acceptors (Lipinski definition) is 2. The predicted octanol–water partition coefficient (Wildman–Crippen LogP) is 2.91. The van der Waals surface area contributed by atoms with Crippen LogP contribution in [0.25, 0.3) is 0 Å². The zero-order valence-electron chi connectivity index (χ0n) is 9.92. The highest BCUT2D eigenvalue weighted by Gasteiger charge is 2.12. The standard InChI is InChI=1S/C13H15BrFNO2/c1-2-3-8-18-9-7-16-13(17)10-5-4-6-11(14)12(10)15/h2,4-6H,1,3,7-9H2,(H,16,17). The molecular weight excluding hydrogens is 301 g/mol. The third kappa shape index (κ3) is 4.58. The molecule has 98 valence electrons. The molecule has 0 saturated heterocycles. The fraction of sp³-hybridized carbons (Fsp3) is 0.308. The number of rotatable bonds is 7. The van der Waals surface area contributed by atoms with Crippen molar-refractivity contribution in [1.29, 1.82) is 0 Å². The number of amides is 1. The Morgan fingerprint density at radius 3 is 3.00 bits per heavy atom. The Bertz CT molecular complexity index is 423. The van der Waals surface area contributed by atoms with E-state index in [1.54, 1.807) is 18.2 Å². The van der Waals surface area contributed by atoms with Crippen molar-refractivity contribution in [2.45, 2.75) is 6.42 Å².